The summed E-state index contributed by atoms with van der Waals surface area (Å²) < 4.78 is 39.4. The van der Waals surface area contributed by atoms with Gasteiger partial charge in [0, 0.05) is 12.1 Å². The molecule has 0 saturated heterocycles. The van der Waals surface area contributed by atoms with Crippen molar-refractivity contribution in [2.24, 2.45) is 0 Å². The average Bonchev–Trinajstić information content (AvgIpc) is 2.80. The second kappa shape index (κ2) is 4.83. The highest BCUT2D eigenvalue weighted by Crippen LogP contribution is 2.32. The van der Waals surface area contributed by atoms with Gasteiger partial charge in [-0.15, -0.1) is 5.10 Å². The summed E-state index contributed by atoms with van der Waals surface area (Å²) in [6, 6.07) is 4.74. The van der Waals surface area contributed by atoms with E-state index in [-0.39, 0.29) is 11.3 Å². The van der Waals surface area contributed by atoms with E-state index in [4.69, 9.17) is 0 Å². The van der Waals surface area contributed by atoms with Crippen molar-refractivity contribution in [1.82, 2.24) is 15.0 Å². The van der Waals surface area contributed by atoms with Gasteiger partial charge in [-0.05, 0) is 19.1 Å². The molecule has 0 fully saturated rings. The first-order chi connectivity index (χ1) is 8.97. The van der Waals surface area contributed by atoms with Gasteiger partial charge in [-0.1, -0.05) is 17.3 Å². The van der Waals surface area contributed by atoms with E-state index in [1.807, 2.05) is 0 Å². The number of aryl methyl sites for hydroxylation is 1. The maximum atomic E-state index is 12.7. The molecule has 0 aliphatic rings. The van der Waals surface area contributed by atoms with Crippen LogP contribution in [0.2, 0.25) is 0 Å². The average molecular weight is 269 g/mol. The van der Waals surface area contributed by atoms with Crippen molar-refractivity contribution in [1.29, 1.82) is 0 Å². The molecule has 2 aromatic rings. The summed E-state index contributed by atoms with van der Waals surface area (Å²) in [5, 5.41) is 7.37. The summed E-state index contributed by atoms with van der Waals surface area (Å²) in [6.07, 6.45) is -3.95. The van der Waals surface area contributed by atoms with Crippen molar-refractivity contribution in [2.75, 3.05) is 0 Å². The van der Waals surface area contributed by atoms with Crippen LogP contribution < -0.4 is 0 Å². The summed E-state index contributed by atoms with van der Waals surface area (Å²) in [5.41, 5.74) is -0.181. The quantitative estimate of drug-likeness (QED) is 0.805. The molecule has 2 rings (SSSR count). The largest absolute Gasteiger partial charge is 0.416 e. The van der Waals surface area contributed by atoms with Crippen LogP contribution in [0, 0.1) is 0 Å². The molecule has 1 aromatic carbocycles. The molecule has 0 atom stereocenters. The number of aromatic nitrogens is 3. The van der Waals surface area contributed by atoms with E-state index in [2.05, 4.69) is 10.3 Å². The predicted molar refractivity (Wildman–Crippen MR) is 61.5 cm³/mol. The van der Waals surface area contributed by atoms with Crippen molar-refractivity contribution in [3.05, 3.63) is 35.5 Å². The van der Waals surface area contributed by atoms with Gasteiger partial charge in [0.15, 0.2) is 12.0 Å². The van der Waals surface area contributed by atoms with Crippen molar-refractivity contribution in [3.8, 4) is 11.3 Å². The Balaban J connectivity index is 2.59. The molecule has 0 aliphatic carbocycles. The third kappa shape index (κ3) is 2.49. The van der Waals surface area contributed by atoms with Gasteiger partial charge < -0.3 is 0 Å². The topological polar surface area (TPSA) is 47.8 Å². The number of nitrogens with zero attached hydrogens (tertiary/aromatic N) is 3. The molecule has 0 unspecified atom stereocenters. The van der Waals surface area contributed by atoms with Crippen LogP contribution in [-0.2, 0) is 12.7 Å². The number of aldehydes is 1. The van der Waals surface area contributed by atoms with Gasteiger partial charge in [0.2, 0.25) is 0 Å². The number of rotatable bonds is 3. The van der Waals surface area contributed by atoms with Gasteiger partial charge in [0.05, 0.1) is 11.3 Å². The first-order valence-electron chi connectivity index (χ1n) is 5.53. The molecule has 0 radical (unpaired) electrons. The Morgan fingerprint density at radius 2 is 2.11 bits per heavy atom. The monoisotopic (exact) mass is 269 g/mol. The zero-order valence-corrected chi connectivity index (χ0v) is 9.98. The smallest absolute Gasteiger partial charge is 0.296 e. The number of halogens is 3. The molecule has 100 valence electrons. The number of hydrogen-bond donors (Lipinski definition) is 0. The number of carbonyl (C=O) groups excluding carboxylic acids is 1. The molecule has 1 aromatic heterocycles. The zero-order chi connectivity index (χ0) is 14.0. The van der Waals surface area contributed by atoms with E-state index in [1.165, 1.54) is 16.8 Å². The second-order valence-electron chi connectivity index (χ2n) is 3.84. The van der Waals surface area contributed by atoms with Gasteiger partial charge >= 0.3 is 6.18 Å². The summed E-state index contributed by atoms with van der Waals surface area (Å²) in [6.45, 7) is 2.17. The molecule has 0 N–H and O–H groups in total. The SMILES string of the molecule is CCn1nnc(C=O)c1-c1cccc(C(F)(F)F)c1. The van der Waals surface area contributed by atoms with Crippen LogP contribution in [0.1, 0.15) is 23.0 Å². The molecule has 7 heteroatoms. The molecule has 0 amide bonds. The maximum absolute atomic E-state index is 12.7. The summed E-state index contributed by atoms with van der Waals surface area (Å²) in [4.78, 5) is 10.9. The molecular weight excluding hydrogens is 259 g/mol. The van der Waals surface area contributed by atoms with Gasteiger partial charge in [-0.2, -0.15) is 13.2 Å². The highest BCUT2D eigenvalue weighted by molar-refractivity contribution is 5.83. The minimum atomic E-state index is -4.43. The van der Waals surface area contributed by atoms with Crippen LogP contribution >= 0.6 is 0 Å². The normalized spacial score (nSPS) is 11.6. The Labute approximate surface area is 106 Å². The van der Waals surface area contributed by atoms with Gasteiger partial charge in [0.1, 0.15) is 0 Å². The molecular formula is C12H10F3N3O. The van der Waals surface area contributed by atoms with E-state index < -0.39 is 11.7 Å². The molecule has 19 heavy (non-hydrogen) atoms. The molecule has 0 aliphatic heterocycles. The summed E-state index contributed by atoms with van der Waals surface area (Å²) in [5.74, 6) is 0. The lowest BCUT2D eigenvalue weighted by molar-refractivity contribution is -0.137. The first kappa shape index (κ1) is 13.3. The van der Waals surface area contributed by atoms with E-state index in [0.29, 0.717) is 18.5 Å². The Hall–Kier alpha value is -2.18. The summed E-state index contributed by atoms with van der Waals surface area (Å²) in [7, 11) is 0. The fourth-order valence-corrected chi connectivity index (χ4v) is 1.77. The Kier molecular flexibility index (Phi) is 3.37. The molecule has 4 nitrogen and oxygen atoms in total. The molecule has 0 spiro atoms. The minimum Gasteiger partial charge on any atom is -0.296 e. The zero-order valence-electron chi connectivity index (χ0n) is 9.98. The van der Waals surface area contributed by atoms with Crippen LogP contribution in [0.5, 0.6) is 0 Å². The summed E-state index contributed by atoms with van der Waals surface area (Å²) >= 11 is 0. The van der Waals surface area contributed by atoms with E-state index in [1.54, 1.807) is 6.92 Å². The van der Waals surface area contributed by atoms with Crippen LogP contribution in [-0.4, -0.2) is 21.3 Å². The third-order valence-corrected chi connectivity index (χ3v) is 2.64. The highest BCUT2D eigenvalue weighted by atomic mass is 19.4. The van der Waals surface area contributed by atoms with Crippen molar-refractivity contribution < 1.29 is 18.0 Å². The lowest BCUT2D eigenvalue weighted by atomic mass is 10.1. The predicted octanol–water partition coefficient (Wildman–Crippen LogP) is 2.80. The molecule has 0 bridgehead atoms. The second-order valence-corrected chi connectivity index (χ2v) is 3.84. The third-order valence-electron chi connectivity index (χ3n) is 2.64. The number of carbonyl (C=O) groups is 1. The Morgan fingerprint density at radius 1 is 1.37 bits per heavy atom. The van der Waals surface area contributed by atoms with Crippen LogP contribution in [0.3, 0.4) is 0 Å². The maximum Gasteiger partial charge on any atom is 0.416 e. The van der Waals surface area contributed by atoms with Crippen LogP contribution in [0.25, 0.3) is 11.3 Å². The fraction of sp³-hybridized carbons (Fsp3) is 0.250. The van der Waals surface area contributed by atoms with Gasteiger partial charge in [-0.3, -0.25) is 4.79 Å². The number of hydrogen-bond acceptors (Lipinski definition) is 3. The van der Waals surface area contributed by atoms with Crippen molar-refractivity contribution in [3.63, 3.8) is 0 Å². The molecule has 0 saturated carbocycles. The highest BCUT2D eigenvalue weighted by Gasteiger charge is 2.31. The van der Waals surface area contributed by atoms with E-state index in [9.17, 15) is 18.0 Å². The number of alkyl halides is 3. The Morgan fingerprint density at radius 3 is 2.68 bits per heavy atom. The minimum absolute atomic E-state index is 0.0289. The van der Waals surface area contributed by atoms with Crippen molar-refractivity contribution in [2.45, 2.75) is 19.6 Å². The standard InChI is InChI=1S/C12H10F3N3O/c1-2-18-11(10(7-19)16-17-18)8-4-3-5-9(6-8)12(13,14)15/h3-7H,2H2,1H3. The molecule has 1 heterocycles. The van der Waals surface area contributed by atoms with Crippen LogP contribution in [0.4, 0.5) is 13.2 Å². The van der Waals surface area contributed by atoms with Crippen molar-refractivity contribution >= 4 is 6.29 Å². The lowest BCUT2D eigenvalue weighted by Crippen LogP contribution is -2.06. The number of benzene rings is 1. The van der Waals surface area contributed by atoms with E-state index in [0.717, 1.165) is 12.1 Å². The lowest BCUT2D eigenvalue weighted by Gasteiger charge is -2.09. The van der Waals surface area contributed by atoms with E-state index >= 15 is 0 Å². The van der Waals surface area contributed by atoms with Crippen LogP contribution in [0.15, 0.2) is 24.3 Å². The van der Waals surface area contributed by atoms with Gasteiger partial charge in [-0.25, -0.2) is 4.68 Å². The van der Waals surface area contributed by atoms with Gasteiger partial charge in [0.25, 0.3) is 0 Å². The first-order valence-corrected chi connectivity index (χ1v) is 5.53. The fourth-order valence-electron chi connectivity index (χ4n) is 1.77. The Bertz CT molecular complexity index is 605.